The second-order valence-electron chi connectivity index (χ2n) is 5.36. The summed E-state index contributed by atoms with van der Waals surface area (Å²) in [6.45, 7) is 2.06. The van der Waals surface area contributed by atoms with E-state index in [4.69, 9.17) is 17.3 Å². The van der Waals surface area contributed by atoms with Gasteiger partial charge in [0.15, 0.2) is 0 Å². The van der Waals surface area contributed by atoms with Crippen molar-refractivity contribution < 1.29 is 12.8 Å². The fraction of sp³-hybridized carbons (Fsp3) is 0.250. The van der Waals surface area contributed by atoms with Crippen LogP contribution in [0.5, 0.6) is 0 Å². The Labute approximate surface area is 152 Å². The van der Waals surface area contributed by atoms with Crippen LogP contribution in [0.1, 0.15) is 29.7 Å². The second kappa shape index (κ2) is 8.78. The first-order valence-corrected chi connectivity index (χ1v) is 9.05. The van der Waals surface area contributed by atoms with Crippen LogP contribution in [0.25, 0.3) is 0 Å². The molecular weight excluding hydrogens is 374 g/mol. The normalized spacial score (nSPS) is 12.5. The number of hydrogen-bond acceptors (Lipinski definition) is 3. The van der Waals surface area contributed by atoms with Crippen LogP contribution in [-0.4, -0.2) is 8.42 Å². The van der Waals surface area contributed by atoms with Gasteiger partial charge in [0.1, 0.15) is 5.82 Å². The van der Waals surface area contributed by atoms with E-state index in [2.05, 4.69) is 4.72 Å². The molecule has 0 radical (unpaired) electrons. The minimum absolute atomic E-state index is 0. The zero-order valence-corrected chi connectivity index (χ0v) is 15.4. The molecule has 2 rings (SSSR count). The first-order valence-electron chi connectivity index (χ1n) is 7.02. The lowest BCUT2D eigenvalue weighted by Crippen LogP contribution is -2.24. The van der Waals surface area contributed by atoms with E-state index in [-0.39, 0.29) is 35.8 Å². The van der Waals surface area contributed by atoms with E-state index in [1.807, 2.05) is 31.2 Å². The van der Waals surface area contributed by atoms with Gasteiger partial charge >= 0.3 is 0 Å². The number of nitrogens with one attached hydrogen (secondary N) is 1. The first-order chi connectivity index (χ1) is 10.8. The van der Waals surface area contributed by atoms with Gasteiger partial charge in [0.2, 0.25) is 10.0 Å². The van der Waals surface area contributed by atoms with Crippen LogP contribution in [0, 0.1) is 5.82 Å². The highest BCUT2D eigenvalue weighted by Gasteiger charge is 2.13. The predicted octanol–water partition coefficient (Wildman–Crippen LogP) is 3.54. The van der Waals surface area contributed by atoms with Gasteiger partial charge in [-0.1, -0.05) is 41.9 Å². The van der Waals surface area contributed by atoms with Crippen LogP contribution >= 0.6 is 24.0 Å². The van der Waals surface area contributed by atoms with Gasteiger partial charge in [0, 0.05) is 12.6 Å². The summed E-state index contributed by atoms with van der Waals surface area (Å²) in [6, 6.07) is 11.2. The van der Waals surface area contributed by atoms with Crippen molar-refractivity contribution in [2.24, 2.45) is 5.73 Å². The van der Waals surface area contributed by atoms with Crippen molar-refractivity contribution in [2.45, 2.75) is 25.3 Å². The van der Waals surface area contributed by atoms with Crippen molar-refractivity contribution in [3.05, 3.63) is 70.0 Å². The highest BCUT2D eigenvalue weighted by Crippen LogP contribution is 2.17. The van der Waals surface area contributed by atoms with E-state index in [1.54, 1.807) is 0 Å². The lowest BCUT2D eigenvalue weighted by atomic mass is 10.1. The van der Waals surface area contributed by atoms with Crippen LogP contribution in [-0.2, 0) is 22.3 Å². The molecule has 0 fully saturated rings. The molecule has 0 aliphatic heterocycles. The molecule has 132 valence electrons. The Kier molecular flexibility index (Phi) is 7.63. The number of halogens is 3. The topological polar surface area (TPSA) is 72.2 Å². The molecule has 4 nitrogen and oxygen atoms in total. The van der Waals surface area contributed by atoms with Gasteiger partial charge in [-0.3, -0.25) is 0 Å². The molecule has 0 saturated heterocycles. The molecule has 8 heteroatoms. The molecule has 0 aliphatic carbocycles. The SMILES string of the molecule is CC(N)c1ccc(CNS(=O)(=O)Cc2ccc(F)c(Cl)c2)cc1.Cl. The molecule has 1 unspecified atom stereocenters. The summed E-state index contributed by atoms with van der Waals surface area (Å²) in [6.07, 6.45) is 0. The molecule has 24 heavy (non-hydrogen) atoms. The fourth-order valence-corrected chi connectivity index (χ4v) is 3.34. The van der Waals surface area contributed by atoms with Crippen LogP contribution in [0.2, 0.25) is 5.02 Å². The molecular formula is C16H19Cl2FN2O2S. The molecule has 0 aliphatic rings. The maximum Gasteiger partial charge on any atom is 0.216 e. The predicted molar refractivity (Wildman–Crippen MR) is 97.2 cm³/mol. The van der Waals surface area contributed by atoms with Crippen LogP contribution in [0.15, 0.2) is 42.5 Å². The van der Waals surface area contributed by atoms with Crippen LogP contribution < -0.4 is 10.5 Å². The Hall–Kier alpha value is -1.18. The summed E-state index contributed by atoms with van der Waals surface area (Å²) in [7, 11) is -3.54. The van der Waals surface area contributed by atoms with Crippen molar-refractivity contribution in [1.29, 1.82) is 0 Å². The van der Waals surface area contributed by atoms with Gasteiger partial charge in [-0.25, -0.2) is 17.5 Å². The molecule has 0 spiro atoms. The molecule has 0 amide bonds. The number of benzene rings is 2. The monoisotopic (exact) mass is 392 g/mol. The van der Waals surface area contributed by atoms with Crippen molar-refractivity contribution >= 4 is 34.0 Å². The molecule has 1 atom stereocenters. The summed E-state index contributed by atoms with van der Waals surface area (Å²) in [4.78, 5) is 0. The Balaban J connectivity index is 0.00000288. The molecule has 0 aromatic heterocycles. The highest BCUT2D eigenvalue weighted by atomic mass is 35.5. The molecule has 0 bridgehead atoms. The Bertz CT molecular complexity index is 781. The Morgan fingerprint density at radius 3 is 2.29 bits per heavy atom. The summed E-state index contributed by atoms with van der Waals surface area (Å²) in [5.41, 5.74) is 8.01. The number of hydrogen-bond donors (Lipinski definition) is 2. The first kappa shape index (κ1) is 20.9. The van der Waals surface area contributed by atoms with E-state index < -0.39 is 15.8 Å². The maximum atomic E-state index is 13.1. The average Bonchev–Trinajstić information content (AvgIpc) is 2.49. The van der Waals surface area contributed by atoms with Crippen molar-refractivity contribution in [2.75, 3.05) is 0 Å². The summed E-state index contributed by atoms with van der Waals surface area (Å²) < 4.78 is 39.7. The number of sulfonamides is 1. The lowest BCUT2D eigenvalue weighted by Gasteiger charge is -2.09. The van der Waals surface area contributed by atoms with E-state index in [9.17, 15) is 12.8 Å². The van der Waals surface area contributed by atoms with Crippen molar-refractivity contribution in [3.63, 3.8) is 0 Å². The van der Waals surface area contributed by atoms with Gasteiger partial charge in [-0.2, -0.15) is 0 Å². The maximum absolute atomic E-state index is 13.1. The van der Waals surface area contributed by atoms with Gasteiger partial charge in [0.05, 0.1) is 10.8 Å². The summed E-state index contributed by atoms with van der Waals surface area (Å²) >= 11 is 5.66. The summed E-state index contributed by atoms with van der Waals surface area (Å²) in [5, 5.41) is -0.0933. The number of nitrogens with two attached hydrogens (primary N) is 1. The lowest BCUT2D eigenvalue weighted by molar-refractivity contribution is 0.580. The molecule has 0 saturated carbocycles. The Morgan fingerprint density at radius 1 is 1.17 bits per heavy atom. The fourth-order valence-electron chi connectivity index (χ4n) is 2.03. The third-order valence-electron chi connectivity index (χ3n) is 3.34. The van der Waals surface area contributed by atoms with E-state index in [0.29, 0.717) is 5.56 Å². The van der Waals surface area contributed by atoms with E-state index in [1.165, 1.54) is 12.1 Å². The average molecular weight is 393 g/mol. The van der Waals surface area contributed by atoms with Gasteiger partial charge < -0.3 is 5.73 Å². The molecule has 0 heterocycles. The second-order valence-corrected chi connectivity index (χ2v) is 7.57. The number of rotatable bonds is 6. The zero-order chi connectivity index (χ0) is 17.0. The molecule has 2 aromatic carbocycles. The Morgan fingerprint density at radius 2 is 1.75 bits per heavy atom. The minimum atomic E-state index is -3.54. The third kappa shape index (κ3) is 6.03. The van der Waals surface area contributed by atoms with Crippen molar-refractivity contribution in [1.82, 2.24) is 4.72 Å². The van der Waals surface area contributed by atoms with Gasteiger partial charge in [0.25, 0.3) is 0 Å². The van der Waals surface area contributed by atoms with Crippen LogP contribution in [0.3, 0.4) is 0 Å². The third-order valence-corrected chi connectivity index (χ3v) is 4.93. The van der Waals surface area contributed by atoms with Gasteiger partial charge in [-0.15, -0.1) is 12.4 Å². The summed E-state index contributed by atoms with van der Waals surface area (Å²) in [5.74, 6) is -0.833. The van der Waals surface area contributed by atoms with E-state index >= 15 is 0 Å². The smallest absolute Gasteiger partial charge is 0.216 e. The molecule has 2 aromatic rings. The zero-order valence-electron chi connectivity index (χ0n) is 13.0. The minimum Gasteiger partial charge on any atom is -0.324 e. The van der Waals surface area contributed by atoms with Crippen LogP contribution in [0.4, 0.5) is 4.39 Å². The quantitative estimate of drug-likeness (QED) is 0.789. The largest absolute Gasteiger partial charge is 0.324 e. The van der Waals surface area contributed by atoms with E-state index in [0.717, 1.165) is 17.2 Å². The highest BCUT2D eigenvalue weighted by molar-refractivity contribution is 7.88. The standard InChI is InChI=1S/C16H18ClFN2O2S.ClH/c1-11(19)14-5-2-12(3-6-14)9-20-23(21,22)10-13-4-7-16(18)15(17)8-13;/h2-8,11,20H,9-10,19H2,1H3;1H. The molecule has 3 N–H and O–H groups in total. The van der Waals surface area contributed by atoms with Gasteiger partial charge in [-0.05, 0) is 35.7 Å². The van der Waals surface area contributed by atoms with Crippen molar-refractivity contribution in [3.8, 4) is 0 Å².